The van der Waals surface area contributed by atoms with E-state index >= 15 is 0 Å². The molecule has 0 heterocycles. The lowest BCUT2D eigenvalue weighted by Gasteiger charge is -2.10. The molecule has 0 N–H and O–H groups in total. The summed E-state index contributed by atoms with van der Waals surface area (Å²) >= 11 is 0. The Kier molecular flexibility index (Phi) is 22.9. The van der Waals surface area contributed by atoms with Gasteiger partial charge in [0.15, 0.2) is 0 Å². The molecule has 0 fully saturated rings. The lowest BCUT2D eigenvalue weighted by molar-refractivity contribution is 0.207. The van der Waals surface area contributed by atoms with Gasteiger partial charge in [0.2, 0.25) is 0 Å². The van der Waals surface area contributed by atoms with Crippen LogP contribution < -0.4 is 0 Å². The molecule has 29 heavy (non-hydrogen) atoms. The van der Waals surface area contributed by atoms with Gasteiger partial charge in [-0.1, -0.05) is 121 Å². The highest BCUT2D eigenvalue weighted by atomic mass is 16.5. The van der Waals surface area contributed by atoms with Gasteiger partial charge in [-0.05, 0) is 44.4 Å². The molecule has 0 radical (unpaired) electrons. The number of benzene rings is 1. The molecule has 0 saturated heterocycles. The number of hydrogen-bond acceptors (Lipinski definition) is 1. The van der Waals surface area contributed by atoms with Crippen LogP contribution in [0.1, 0.15) is 106 Å². The molecular weight excluding hydrogens is 352 g/mol. The standard InChI is InChI=1S/C18H24O.C6H14.C4H10/c1-5-15(3)12-13-18(16(4)6-2)19-14-17-10-8-7-9-11-17;1-3-5-6-4-2;1-3-4-2/h5,7-13H,6,14H2,1-4H3;3-6H2,1-2H3;3-4H2,1-2H3/b13-12-,15-5-,18-16?;;. The highest BCUT2D eigenvalue weighted by Crippen LogP contribution is 2.15. The first-order valence-electron chi connectivity index (χ1n) is 11.7. The summed E-state index contributed by atoms with van der Waals surface area (Å²) in [7, 11) is 0. The van der Waals surface area contributed by atoms with E-state index in [0.29, 0.717) is 6.61 Å². The van der Waals surface area contributed by atoms with Gasteiger partial charge in [0.1, 0.15) is 12.4 Å². The van der Waals surface area contributed by atoms with E-state index < -0.39 is 0 Å². The van der Waals surface area contributed by atoms with E-state index in [2.05, 4.69) is 78.8 Å². The zero-order valence-corrected chi connectivity index (χ0v) is 20.7. The predicted molar refractivity (Wildman–Crippen MR) is 133 cm³/mol. The van der Waals surface area contributed by atoms with Crippen molar-refractivity contribution in [2.75, 3.05) is 0 Å². The normalized spacial score (nSPS) is 11.8. The Bertz CT molecular complexity index is 543. The van der Waals surface area contributed by atoms with E-state index in [4.69, 9.17) is 4.74 Å². The molecule has 0 saturated carbocycles. The van der Waals surface area contributed by atoms with Crippen LogP contribution in [0, 0.1) is 0 Å². The fraction of sp³-hybridized carbons (Fsp3) is 0.571. The molecule has 0 aliphatic rings. The molecule has 0 unspecified atom stereocenters. The van der Waals surface area contributed by atoms with Crippen LogP contribution in [0.5, 0.6) is 0 Å². The molecule has 0 aliphatic heterocycles. The number of ether oxygens (including phenoxy) is 1. The number of unbranched alkanes of at least 4 members (excludes halogenated alkanes) is 4. The maximum absolute atomic E-state index is 5.94. The van der Waals surface area contributed by atoms with E-state index in [1.165, 1.54) is 55.2 Å². The van der Waals surface area contributed by atoms with Gasteiger partial charge in [-0.2, -0.15) is 0 Å². The zero-order valence-electron chi connectivity index (χ0n) is 20.7. The van der Waals surface area contributed by atoms with Gasteiger partial charge in [0, 0.05) is 0 Å². The van der Waals surface area contributed by atoms with Crippen LogP contribution in [-0.4, -0.2) is 0 Å². The number of hydrogen-bond donors (Lipinski definition) is 0. The maximum atomic E-state index is 5.94. The second kappa shape index (κ2) is 22.5. The summed E-state index contributed by atoms with van der Waals surface area (Å²) in [6.45, 7) is 17.8. The Morgan fingerprint density at radius 2 is 1.34 bits per heavy atom. The fourth-order valence-electron chi connectivity index (χ4n) is 2.03. The van der Waals surface area contributed by atoms with Crippen molar-refractivity contribution >= 4 is 0 Å². The van der Waals surface area contributed by atoms with Crippen LogP contribution in [0.2, 0.25) is 0 Å². The van der Waals surface area contributed by atoms with Crippen LogP contribution in [0.3, 0.4) is 0 Å². The molecule has 0 aromatic heterocycles. The van der Waals surface area contributed by atoms with Gasteiger partial charge in [-0.3, -0.25) is 0 Å². The molecule has 0 atom stereocenters. The molecule has 166 valence electrons. The van der Waals surface area contributed by atoms with Crippen molar-refractivity contribution in [3.63, 3.8) is 0 Å². The Morgan fingerprint density at radius 1 is 0.793 bits per heavy atom. The van der Waals surface area contributed by atoms with E-state index in [9.17, 15) is 0 Å². The smallest absolute Gasteiger partial charge is 0.118 e. The lowest BCUT2D eigenvalue weighted by atomic mass is 10.1. The van der Waals surface area contributed by atoms with Crippen LogP contribution in [0.15, 0.2) is 65.5 Å². The lowest BCUT2D eigenvalue weighted by Crippen LogP contribution is -1.94. The van der Waals surface area contributed by atoms with Crippen LogP contribution in [0.25, 0.3) is 0 Å². The topological polar surface area (TPSA) is 9.23 Å². The largest absolute Gasteiger partial charge is 0.489 e. The van der Waals surface area contributed by atoms with Crippen molar-refractivity contribution < 1.29 is 4.74 Å². The van der Waals surface area contributed by atoms with Gasteiger partial charge >= 0.3 is 0 Å². The molecular formula is C28H48O. The predicted octanol–water partition coefficient (Wildman–Crippen LogP) is 9.80. The number of rotatable bonds is 10. The Labute approximate surface area is 183 Å². The van der Waals surface area contributed by atoms with Crippen molar-refractivity contribution in [1.82, 2.24) is 0 Å². The van der Waals surface area contributed by atoms with Crippen LogP contribution in [-0.2, 0) is 11.3 Å². The van der Waals surface area contributed by atoms with E-state index in [0.717, 1.165) is 12.2 Å². The second-order valence-electron chi connectivity index (χ2n) is 7.35. The second-order valence-corrected chi connectivity index (χ2v) is 7.35. The minimum Gasteiger partial charge on any atom is -0.489 e. The monoisotopic (exact) mass is 400 g/mol. The van der Waals surface area contributed by atoms with Crippen LogP contribution >= 0.6 is 0 Å². The summed E-state index contributed by atoms with van der Waals surface area (Å²) in [4.78, 5) is 0. The first kappa shape index (κ1) is 29.4. The van der Waals surface area contributed by atoms with Gasteiger partial charge < -0.3 is 4.74 Å². The van der Waals surface area contributed by atoms with Gasteiger partial charge in [-0.15, -0.1) is 0 Å². The van der Waals surface area contributed by atoms with E-state index in [1.807, 2.05) is 25.1 Å². The van der Waals surface area contributed by atoms with Crippen molar-refractivity contribution in [3.05, 3.63) is 71.0 Å². The average Bonchev–Trinajstić information content (AvgIpc) is 2.78. The summed E-state index contributed by atoms with van der Waals surface area (Å²) in [5, 5.41) is 0. The summed E-state index contributed by atoms with van der Waals surface area (Å²) in [6, 6.07) is 10.3. The summed E-state index contributed by atoms with van der Waals surface area (Å²) in [5.74, 6) is 0.979. The molecule has 0 aliphatic carbocycles. The highest BCUT2D eigenvalue weighted by Gasteiger charge is 2.00. The summed E-state index contributed by atoms with van der Waals surface area (Å²) in [6.07, 6.45) is 15.4. The van der Waals surface area contributed by atoms with Crippen molar-refractivity contribution in [3.8, 4) is 0 Å². The molecule has 1 nitrogen and oxygen atoms in total. The third-order valence-electron chi connectivity index (χ3n) is 4.60. The molecule has 0 bridgehead atoms. The average molecular weight is 401 g/mol. The molecule has 0 amide bonds. The molecule has 1 heteroatoms. The van der Waals surface area contributed by atoms with Crippen molar-refractivity contribution in [1.29, 1.82) is 0 Å². The SMILES string of the molecule is C/C=C(C)\C=C/C(OCc1ccccc1)=C(C)CC.CCCC.CCCCCC. The molecule has 0 spiro atoms. The summed E-state index contributed by atoms with van der Waals surface area (Å²) in [5.41, 5.74) is 3.71. The number of allylic oxidation sites excluding steroid dienone is 5. The molecule has 1 aromatic rings. The highest BCUT2D eigenvalue weighted by molar-refractivity contribution is 5.26. The molecule has 1 aromatic carbocycles. The fourth-order valence-corrected chi connectivity index (χ4v) is 2.03. The van der Waals surface area contributed by atoms with Crippen molar-refractivity contribution in [2.24, 2.45) is 0 Å². The quantitative estimate of drug-likeness (QED) is 0.216. The Balaban J connectivity index is 0. The van der Waals surface area contributed by atoms with Gasteiger partial charge in [0.25, 0.3) is 0 Å². The minimum absolute atomic E-state index is 0.618. The maximum Gasteiger partial charge on any atom is 0.118 e. The van der Waals surface area contributed by atoms with Crippen molar-refractivity contribution in [2.45, 2.75) is 107 Å². The Hall–Kier alpha value is -1.76. The Morgan fingerprint density at radius 3 is 1.76 bits per heavy atom. The minimum atomic E-state index is 0.618. The van der Waals surface area contributed by atoms with E-state index in [-0.39, 0.29) is 0 Å². The summed E-state index contributed by atoms with van der Waals surface area (Å²) < 4.78 is 5.94. The van der Waals surface area contributed by atoms with Gasteiger partial charge in [0.05, 0.1) is 0 Å². The van der Waals surface area contributed by atoms with Crippen LogP contribution in [0.4, 0.5) is 0 Å². The first-order valence-corrected chi connectivity index (χ1v) is 11.7. The van der Waals surface area contributed by atoms with E-state index in [1.54, 1.807) is 0 Å². The third kappa shape index (κ3) is 19.3. The zero-order chi connectivity index (χ0) is 22.3. The first-order chi connectivity index (χ1) is 14.0. The third-order valence-corrected chi connectivity index (χ3v) is 4.60. The van der Waals surface area contributed by atoms with Gasteiger partial charge in [-0.25, -0.2) is 0 Å². The molecule has 1 rings (SSSR count).